The van der Waals surface area contributed by atoms with Gasteiger partial charge in [-0.3, -0.25) is 9.59 Å². The topological polar surface area (TPSA) is 76.7 Å². The average Bonchev–Trinajstić information content (AvgIpc) is 3.07. The lowest BCUT2D eigenvalue weighted by atomic mass is 10.1. The van der Waals surface area contributed by atoms with Crippen LogP contribution in [0.4, 0.5) is 5.69 Å². The Morgan fingerprint density at radius 1 is 1.35 bits per heavy atom. The molecule has 1 aliphatic rings. The molecule has 1 fully saturated rings. The fourth-order valence-corrected chi connectivity index (χ4v) is 2.42. The molecule has 0 radical (unpaired) electrons. The van der Waals surface area contributed by atoms with Crippen molar-refractivity contribution in [3.63, 3.8) is 0 Å². The summed E-state index contributed by atoms with van der Waals surface area (Å²) in [7, 11) is 0. The molecule has 2 N–H and O–H groups in total. The largest absolute Gasteiger partial charge is 0.381 e. The lowest BCUT2D eigenvalue weighted by Gasteiger charge is -2.13. The van der Waals surface area contributed by atoms with Gasteiger partial charge < -0.3 is 20.1 Å². The lowest BCUT2D eigenvalue weighted by molar-refractivity contribution is -0.117. The van der Waals surface area contributed by atoms with Gasteiger partial charge in [-0.25, -0.2) is 0 Å². The highest BCUT2D eigenvalue weighted by Crippen LogP contribution is 2.16. The third kappa shape index (κ3) is 5.65. The SMILES string of the molecule is CCOCCC(=O)Nc1ccccc1C(=O)NC[C@H]1CCCO1. The van der Waals surface area contributed by atoms with Crippen molar-refractivity contribution in [2.45, 2.75) is 32.3 Å². The molecule has 6 nitrogen and oxygen atoms in total. The minimum Gasteiger partial charge on any atom is -0.381 e. The van der Waals surface area contributed by atoms with E-state index in [1.54, 1.807) is 24.3 Å². The molecule has 0 unspecified atom stereocenters. The standard InChI is InChI=1S/C17H24N2O4/c1-2-22-11-9-16(20)19-15-8-4-3-7-14(15)17(21)18-12-13-6-5-10-23-13/h3-4,7-8,13H,2,5-6,9-12H2,1H3,(H,18,21)(H,19,20)/t13-/m1/s1. The van der Waals surface area contributed by atoms with E-state index < -0.39 is 0 Å². The molecule has 0 aromatic heterocycles. The van der Waals surface area contributed by atoms with Gasteiger partial charge in [0.25, 0.3) is 5.91 Å². The first-order valence-corrected chi connectivity index (χ1v) is 8.07. The summed E-state index contributed by atoms with van der Waals surface area (Å²) in [6.07, 6.45) is 2.36. The summed E-state index contributed by atoms with van der Waals surface area (Å²) in [6.45, 7) is 4.08. The number of hydrogen-bond donors (Lipinski definition) is 2. The van der Waals surface area contributed by atoms with Crippen molar-refractivity contribution in [3.8, 4) is 0 Å². The number of rotatable bonds is 8. The van der Waals surface area contributed by atoms with Crippen LogP contribution in [0, 0.1) is 0 Å². The maximum absolute atomic E-state index is 12.3. The molecule has 1 aromatic rings. The van der Waals surface area contributed by atoms with E-state index in [-0.39, 0.29) is 24.3 Å². The van der Waals surface area contributed by atoms with Crippen molar-refractivity contribution in [2.24, 2.45) is 0 Å². The van der Waals surface area contributed by atoms with Gasteiger partial charge in [0.15, 0.2) is 0 Å². The molecule has 0 spiro atoms. The minimum atomic E-state index is -0.207. The van der Waals surface area contributed by atoms with Gasteiger partial charge in [-0.15, -0.1) is 0 Å². The van der Waals surface area contributed by atoms with Gasteiger partial charge >= 0.3 is 0 Å². The third-order valence-corrected chi connectivity index (χ3v) is 3.64. The highest BCUT2D eigenvalue weighted by atomic mass is 16.5. The fourth-order valence-electron chi connectivity index (χ4n) is 2.42. The number of anilines is 1. The van der Waals surface area contributed by atoms with E-state index in [1.165, 1.54) is 0 Å². The van der Waals surface area contributed by atoms with E-state index in [4.69, 9.17) is 9.47 Å². The molecule has 0 saturated carbocycles. The van der Waals surface area contributed by atoms with E-state index >= 15 is 0 Å². The number of amides is 2. The second-order valence-corrected chi connectivity index (χ2v) is 5.39. The molecule has 1 heterocycles. The number of benzene rings is 1. The number of carbonyl (C=O) groups is 2. The van der Waals surface area contributed by atoms with Crippen LogP contribution < -0.4 is 10.6 Å². The molecule has 2 rings (SSSR count). The summed E-state index contributed by atoms with van der Waals surface area (Å²) in [5.74, 6) is -0.376. The number of carbonyl (C=O) groups excluding carboxylic acids is 2. The van der Waals surface area contributed by atoms with E-state index in [0.717, 1.165) is 19.4 Å². The van der Waals surface area contributed by atoms with Crippen molar-refractivity contribution in [1.29, 1.82) is 0 Å². The van der Waals surface area contributed by atoms with Crippen LogP contribution in [0.3, 0.4) is 0 Å². The van der Waals surface area contributed by atoms with Crippen molar-refractivity contribution >= 4 is 17.5 Å². The van der Waals surface area contributed by atoms with Gasteiger partial charge in [-0.2, -0.15) is 0 Å². The fraction of sp³-hybridized carbons (Fsp3) is 0.529. The zero-order chi connectivity index (χ0) is 16.5. The summed E-state index contributed by atoms with van der Waals surface area (Å²) >= 11 is 0. The van der Waals surface area contributed by atoms with Gasteiger partial charge in [-0.1, -0.05) is 12.1 Å². The van der Waals surface area contributed by atoms with E-state index in [2.05, 4.69) is 10.6 Å². The monoisotopic (exact) mass is 320 g/mol. The van der Waals surface area contributed by atoms with Crippen molar-refractivity contribution < 1.29 is 19.1 Å². The van der Waals surface area contributed by atoms with Gasteiger partial charge in [-0.05, 0) is 31.9 Å². The van der Waals surface area contributed by atoms with E-state index in [1.807, 2.05) is 6.92 Å². The van der Waals surface area contributed by atoms with Crippen LogP contribution in [-0.2, 0) is 14.3 Å². The number of para-hydroxylation sites is 1. The Morgan fingerprint density at radius 3 is 2.91 bits per heavy atom. The second-order valence-electron chi connectivity index (χ2n) is 5.39. The highest BCUT2D eigenvalue weighted by Gasteiger charge is 2.18. The summed E-state index contributed by atoms with van der Waals surface area (Å²) in [5, 5.41) is 5.63. The van der Waals surface area contributed by atoms with Crippen LogP contribution in [-0.4, -0.2) is 44.3 Å². The van der Waals surface area contributed by atoms with Crippen molar-refractivity contribution in [2.75, 3.05) is 31.7 Å². The number of nitrogens with one attached hydrogen (secondary N) is 2. The molecular weight excluding hydrogens is 296 g/mol. The maximum Gasteiger partial charge on any atom is 0.253 e. The van der Waals surface area contributed by atoms with Gasteiger partial charge in [0.1, 0.15) is 0 Å². The third-order valence-electron chi connectivity index (χ3n) is 3.64. The Hall–Kier alpha value is -1.92. The molecule has 1 aromatic carbocycles. The second kappa shape index (κ2) is 9.27. The van der Waals surface area contributed by atoms with Crippen LogP contribution in [0.5, 0.6) is 0 Å². The van der Waals surface area contributed by atoms with Gasteiger partial charge in [0, 0.05) is 19.8 Å². The normalized spacial score (nSPS) is 17.0. The first-order valence-electron chi connectivity index (χ1n) is 8.07. The maximum atomic E-state index is 12.3. The molecule has 23 heavy (non-hydrogen) atoms. The predicted molar refractivity (Wildman–Crippen MR) is 87.5 cm³/mol. The molecule has 0 aliphatic carbocycles. The predicted octanol–water partition coefficient (Wildman–Crippen LogP) is 1.96. The highest BCUT2D eigenvalue weighted by molar-refractivity contribution is 6.03. The number of ether oxygens (including phenoxy) is 2. The summed E-state index contributed by atoms with van der Waals surface area (Å²) < 4.78 is 10.7. The Morgan fingerprint density at radius 2 is 2.17 bits per heavy atom. The first kappa shape index (κ1) is 17.4. The van der Waals surface area contributed by atoms with Crippen LogP contribution in [0.15, 0.2) is 24.3 Å². The van der Waals surface area contributed by atoms with Crippen molar-refractivity contribution in [1.82, 2.24) is 5.32 Å². The lowest BCUT2D eigenvalue weighted by Crippen LogP contribution is -2.32. The molecule has 126 valence electrons. The summed E-state index contributed by atoms with van der Waals surface area (Å²) in [4.78, 5) is 24.2. The van der Waals surface area contributed by atoms with Gasteiger partial charge in [0.05, 0.1) is 30.4 Å². The molecule has 2 amide bonds. The zero-order valence-electron chi connectivity index (χ0n) is 13.5. The zero-order valence-corrected chi connectivity index (χ0v) is 13.5. The van der Waals surface area contributed by atoms with Crippen LogP contribution >= 0.6 is 0 Å². The summed E-state index contributed by atoms with van der Waals surface area (Å²) in [5.41, 5.74) is 0.967. The molecule has 1 saturated heterocycles. The Labute approximate surface area is 136 Å². The van der Waals surface area contributed by atoms with Crippen LogP contribution in [0.25, 0.3) is 0 Å². The molecule has 0 bridgehead atoms. The van der Waals surface area contributed by atoms with Crippen molar-refractivity contribution in [3.05, 3.63) is 29.8 Å². The smallest absolute Gasteiger partial charge is 0.253 e. The molecule has 1 atom stereocenters. The van der Waals surface area contributed by atoms with Crippen LogP contribution in [0.2, 0.25) is 0 Å². The quantitative estimate of drug-likeness (QED) is 0.718. The summed E-state index contributed by atoms with van der Waals surface area (Å²) in [6, 6.07) is 6.98. The minimum absolute atomic E-state index is 0.0897. The average molecular weight is 320 g/mol. The Kier molecular flexibility index (Phi) is 7.03. The van der Waals surface area contributed by atoms with Crippen LogP contribution in [0.1, 0.15) is 36.5 Å². The molecule has 1 aliphatic heterocycles. The van der Waals surface area contributed by atoms with Gasteiger partial charge in [0.2, 0.25) is 5.91 Å². The van der Waals surface area contributed by atoms with E-state index in [0.29, 0.717) is 31.0 Å². The van der Waals surface area contributed by atoms with E-state index in [9.17, 15) is 9.59 Å². The Bertz CT molecular complexity index is 527. The number of hydrogen-bond acceptors (Lipinski definition) is 4. The molecular formula is C17H24N2O4. The Balaban J connectivity index is 1.90. The first-order chi connectivity index (χ1) is 11.2. The molecule has 6 heteroatoms.